The average molecular weight is 426 g/mol. The molecule has 1 aromatic heterocycles. The van der Waals surface area contributed by atoms with Crippen LogP contribution in [-0.4, -0.2) is 13.4 Å². The minimum absolute atomic E-state index is 0.00491. The van der Waals surface area contributed by atoms with Gasteiger partial charge in [0.05, 0.1) is 4.90 Å². The second-order valence-corrected chi connectivity index (χ2v) is 8.47. The van der Waals surface area contributed by atoms with Gasteiger partial charge in [-0.05, 0) is 67.6 Å². The van der Waals surface area contributed by atoms with E-state index in [4.69, 9.17) is 4.42 Å². The molecule has 1 heterocycles. The molecule has 5 nitrogen and oxygen atoms in total. The Bertz CT molecular complexity index is 1280. The molecular formula is C22H16F2N2O3S. The molecule has 4 aromatic rings. The third kappa shape index (κ3) is 3.95. The Morgan fingerprint density at radius 2 is 1.40 bits per heavy atom. The highest BCUT2D eigenvalue weighted by molar-refractivity contribution is 7.91. The third-order valence-electron chi connectivity index (χ3n) is 4.38. The van der Waals surface area contributed by atoms with Gasteiger partial charge in [-0.1, -0.05) is 17.7 Å². The zero-order valence-electron chi connectivity index (χ0n) is 15.8. The van der Waals surface area contributed by atoms with Gasteiger partial charge >= 0.3 is 0 Å². The van der Waals surface area contributed by atoms with E-state index in [0.29, 0.717) is 11.3 Å². The molecule has 0 aliphatic heterocycles. The molecule has 0 saturated carbocycles. The van der Waals surface area contributed by atoms with E-state index >= 15 is 0 Å². The number of rotatable bonds is 5. The number of nitrogens with one attached hydrogen (secondary N) is 1. The highest BCUT2D eigenvalue weighted by Gasteiger charge is 2.28. The van der Waals surface area contributed by atoms with Crippen molar-refractivity contribution in [1.29, 1.82) is 0 Å². The van der Waals surface area contributed by atoms with Crippen molar-refractivity contribution in [3.8, 4) is 11.5 Å². The monoisotopic (exact) mass is 426 g/mol. The Hall–Kier alpha value is -3.52. The molecule has 0 atom stereocenters. The second kappa shape index (κ2) is 7.72. The minimum Gasteiger partial charge on any atom is -0.419 e. The highest BCUT2D eigenvalue weighted by Crippen LogP contribution is 2.34. The normalized spacial score (nSPS) is 11.4. The van der Waals surface area contributed by atoms with Crippen LogP contribution in [0.15, 0.2) is 87.1 Å². The summed E-state index contributed by atoms with van der Waals surface area (Å²) in [5, 5.41) is 2.52. The first kappa shape index (κ1) is 19.8. The summed E-state index contributed by atoms with van der Waals surface area (Å²) in [7, 11) is -4.03. The van der Waals surface area contributed by atoms with Crippen molar-refractivity contribution in [3.05, 3.63) is 90.0 Å². The number of aromatic nitrogens is 1. The van der Waals surface area contributed by atoms with Gasteiger partial charge in [-0.25, -0.2) is 17.2 Å². The number of halogens is 2. The number of benzene rings is 3. The van der Waals surface area contributed by atoms with E-state index in [-0.39, 0.29) is 21.7 Å². The SMILES string of the molecule is Cc1ccc(S(=O)(=O)c2nc(-c3ccc(F)cc3)oc2Nc2ccc(F)cc2)cc1. The molecule has 8 heteroatoms. The molecule has 3 aromatic carbocycles. The minimum atomic E-state index is -4.03. The largest absolute Gasteiger partial charge is 0.419 e. The molecule has 1 N–H and O–H groups in total. The quantitative estimate of drug-likeness (QED) is 0.456. The second-order valence-electron chi connectivity index (χ2n) is 6.61. The van der Waals surface area contributed by atoms with Gasteiger partial charge in [0.15, 0.2) is 0 Å². The smallest absolute Gasteiger partial charge is 0.238 e. The maximum absolute atomic E-state index is 13.3. The van der Waals surface area contributed by atoms with E-state index in [1.165, 1.54) is 60.7 Å². The van der Waals surface area contributed by atoms with E-state index in [0.717, 1.165) is 5.56 Å². The van der Waals surface area contributed by atoms with Gasteiger partial charge < -0.3 is 9.73 Å². The van der Waals surface area contributed by atoms with Crippen molar-refractivity contribution < 1.29 is 21.6 Å². The van der Waals surface area contributed by atoms with Gasteiger partial charge in [0.25, 0.3) is 0 Å². The van der Waals surface area contributed by atoms with E-state index < -0.39 is 21.5 Å². The van der Waals surface area contributed by atoms with Crippen molar-refractivity contribution >= 4 is 21.4 Å². The maximum atomic E-state index is 13.3. The molecule has 0 spiro atoms. The molecule has 0 bridgehead atoms. The summed E-state index contributed by atoms with van der Waals surface area (Å²) in [5.74, 6) is -0.994. The van der Waals surface area contributed by atoms with Gasteiger partial charge in [-0.15, -0.1) is 0 Å². The summed E-state index contributed by atoms with van der Waals surface area (Å²) in [6.07, 6.45) is 0. The molecule has 0 unspecified atom stereocenters. The third-order valence-corrected chi connectivity index (χ3v) is 6.05. The molecule has 0 fully saturated rings. The van der Waals surface area contributed by atoms with Gasteiger partial charge in [0.1, 0.15) is 11.6 Å². The fraction of sp³-hybridized carbons (Fsp3) is 0.0455. The van der Waals surface area contributed by atoms with Crippen LogP contribution in [-0.2, 0) is 9.84 Å². The lowest BCUT2D eigenvalue weighted by atomic mass is 10.2. The predicted octanol–water partition coefficient (Wildman–Crippen LogP) is 5.50. The van der Waals surface area contributed by atoms with Gasteiger partial charge in [0.2, 0.25) is 26.6 Å². The Balaban J connectivity index is 1.83. The van der Waals surface area contributed by atoms with E-state index in [1.807, 2.05) is 6.92 Å². The van der Waals surface area contributed by atoms with Crippen molar-refractivity contribution in [1.82, 2.24) is 4.98 Å². The van der Waals surface area contributed by atoms with E-state index in [9.17, 15) is 17.2 Å². The maximum Gasteiger partial charge on any atom is 0.238 e. The first-order valence-electron chi connectivity index (χ1n) is 8.94. The summed E-state index contributed by atoms with van der Waals surface area (Å²) in [6, 6.07) is 17.0. The topological polar surface area (TPSA) is 72.2 Å². The van der Waals surface area contributed by atoms with E-state index in [2.05, 4.69) is 10.3 Å². The predicted molar refractivity (Wildman–Crippen MR) is 108 cm³/mol. The molecule has 0 aliphatic carbocycles. The summed E-state index contributed by atoms with van der Waals surface area (Å²) >= 11 is 0. The molecule has 4 rings (SSSR count). The Kier molecular flexibility index (Phi) is 5.09. The molecule has 0 saturated heterocycles. The van der Waals surface area contributed by atoms with Crippen molar-refractivity contribution in [2.24, 2.45) is 0 Å². The first-order valence-corrected chi connectivity index (χ1v) is 10.4. The Morgan fingerprint density at radius 1 is 0.833 bits per heavy atom. The number of hydrogen-bond acceptors (Lipinski definition) is 5. The number of oxazole rings is 1. The molecule has 30 heavy (non-hydrogen) atoms. The fourth-order valence-electron chi connectivity index (χ4n) is 2.78. The summed E-state index contributed by atoms with van der Waals surface area (Å²) in [4.78, 5) is 4.23. The highest BCUT2D eigenvalue weighted by atomic mass is 32.2. The lowest BCUT2D eigenvalue weighted by Crippen LogP contribution is -2.05. The van der Waals surface area contributed by atoms with Gasteiger partial charge in [-0.2, -0.15) is 4.98 Å². The molecule has 0 radical (unpaired) electrons. The van der Waals surface area contributed by atoms with Crippen LogP contribution in [0.4, 0.5) is 20.4 Å². The zero-order chi connectivity index (χ0) is 21.3. The van der Waals surface area contributed by atoms with Crippen LogP contribution in [0.3, 0.4) is 0 Å². The average Bonchev–Trinajstić information content (AvgIpc) is 3.15. The van der Waals surface area contributed by atoms with Crippen LogP contribution in [0.5, 0.6) is 0 Å². The zero-order valence-corrected chi connectivity index (χ0v) is 16.6. The molecule has 0 aliphatic rings. The van der Waals surface area contributed by atoms with Crippen LogP contribution in [0.25, 0.3) is 11.5 Å². The Labute approximate surface area is 171 Å². The van der Waals surface area contributed by atoms with Gasteiger partial charge in [0, 0.05) is 11.3 Å². The van der Waals surface area contributed by atoms with Crippen LogP contribution < -0.4 is 5.32 Å². The number of hydrogen-bond donors (Lipinski definition) is 1. The number of anilines is 2. The van der Waals surface area contributed by atoms with Crippen molar-refractivity contribution in [2.45, 2.75) is 16.8 Å². The number of nitrogens with zero attached hydrogens (tertiary/aromatic N) is 1. The van der Waals surface area contributed by atoms with Crippen molar-refractivity contribution in [2.75, 3.05) is 5.32 Å². The number of sulfone groups is 1. The fourth-order valence-corrected chi connectivity index (χ4v) is 4.03. The summed E-state index contributed by atoms with van der Waals surface area (Å²) in [5.41, 5.74) is 1.73. The van der Waals surface area contributed by atoms with Crippen LogP contribution in [0.1, 0.15) is 5.56 Å². The summed E-state index contributed by atoms with van der Waals surface area (Å²) in [6.45, 7) is 1.85. The standard InChI is InChI=1S/C22H16F2N2O3S/c1-14-2-12-19(13-3-14)30(27,28)22-21(25-18-10-8-17(24)9-11-18)29-20(26-22)15-4-6-16(23)7-5-15/h2-13,25H,1H3. The molecule has 0 amide bonds. The van der Waals surface area contributed by atoms with Gasteiger partial charge in [-0.3, -0.25) is 0 Å². The van der Waals surface area contributed by atoms with Crippen LogP contribution >= 0.6 is 0 Å². The van der Waals surface area contributed by atoms with Crippen LogP contribution in [0.2, 0.25) is 0 Å². The molecular weight excluding hydrogens is 410 g/mol. The first-order chi connectivity index (χ1) is 14.3. The summed E-state index contributed by atoms with van der Waals surface area (Å²) < 4.78 is 58.6. The van der Waals surface area contributed by atoms with Crippen molar-refractivity contribution in [3.63, 3.8) is 0 Å². The van der Waals surface area contributed by atoms with E-state index in [1.54, 1.807) is 12.1 Å². The molecule has 152 valence electrons. The lowest BCUT2D eigenvalue weighted by molar-refractivity contribution is 0.581. The number of aryl methyl sites for hydroxylation is 1. The Morgan fingerprint density at radius 3 is 2.00 bits per heavy atom. The van der Waals surface area contributed by atoms with Crippen LogP contribution in [0, 0.1) is 18.6 Å². The lowest BCUT2D eigenvalue weighted by Gasteiger charge is -2.06.